The van der Waals surface area contributed by atoms with Crippen LogP contribution >= 0.6 is 55.0 Å². The second kappa shape index (κ2) is 6.17. The fourth-order valence-electron chi connectivity index (χ4n) is 2.09. The highest BCUT2D eigenvalue weighted by Gasteiger charge is 2.36. The first kappa shape index (κ1) is 15.4. The van der Waals surface area contributed by atoms with Crippen LogP contribution in [0.1, 0.15) is 23.2 Å². The third kappa shape index (κ3) is 3.18. The van der Waals surface area contributed by atoms with Crippen molar-refractivity contribution in [3.8, 4) is 6.07 Å². The lowest BCUT2D eigenvalue weighted by Crippen LogP contribution is -2.44. The Hall–Kier alpha value is -0.0300. The van der Waals surface area contributed by atoms with E-state index in [-0.39, 0.29) is 10.7 Å². The molecule has 0 bridgehead atoms. The molecule has 0 spiro atoms. The van der Waals surface area contributed by atoms with Gasteiger partial charge in [-0.2, -0.15) is 5.26 Å². The van der Waals surface area contributed by atoms with Gasteiger partial charge in [0.2, 0.25) is 0 Å². The molecule has 1 fully saturated rings. The number of amides is 1. The molecule has 1 aliphatic rings. The summed E-state index contributed by atoms with van der Waals surface area (Å²) in [5, 5.41) is 9.24. The number of carbonyl (C=O) groups is 1. The Morgan fingerprint density at radius 3 is 2.58 bits per heavy atom. The molecular weight excluding hydrogens is 412 g/mol. The predicted molar refractivity (Wildman–Crippen MR) is 86.7 cm³/mol. The van der Waals surface area contributed by atoms with Crippen LogP contribution in [-0.2, 0) is 0 Å². The number of rotatable bonds is 2. The van der Waals surface area contributed by atoms with E-state index in [1.807, 2.05) is 17.2 Å². The lowest BCUT2D eigenvalue weighted by molar-refractivity contribution is 0.0716. The van der Waals surface area contributed by atoms with Crippen LogP contribution in [0.3, 0.4) is 0 Å². The van der Waals surface area contributed by atoms with Gasteiger partial charge in [0.05, 0.1) is 19.2 Å². The van der Waals surface area contributed by atoms with Crippen LogP contribution in [0.4, 0.5) is 0 Å². The van der Waals surface area contributed by atoms with E-state index in [9.17, 15) is 10.1 Å². The molecule has 0 N–H and O–H groups in total. The van der Waals surface area contributed by atoms with Gasteiger partial charge in [-0.05, 0) is 57.0 Å². The molecule has 0 saturated carbocycles. The molecule has 1 amide bonds. The number of nitrogens with zero attached hydrogens (tertiary/aromatic N) is 2. The Morgan fingerprint density at radius 1 is 1.53 bits per heavy atom. The summed E-state index contributed by atoms with van der Waals surface area (Å²) in [7, 11) is 0. The Morgan fingerprint density at radius 2 is 2.16 bits per heavy atom. The normalized spacial score (nSPS) is 18.1. The van der Waals surface area contributed by atoms with E-state index in [2.05, 4.69) is 37.9 Å². The average molecular weight is 424 g/mol. The zero-order valence-electron chi connectivity index (χ0n) is 10.3. The molecule has 1 saturated heterocycles. The molecule has 3 nitrogen and oxygen atoms in total. The fourth-order valence-corrected chi connectivity index (χ4v) is 5.55. The number of likely N-dealkylation sites (tertiary alicyclic amines) is 1. The Bertz CT molecular complexity index is 530. The van der Waals surface area contributed by atoms with Gasteiger partial charge in [0.15, 0.2) is 0 Å². The molecule has 19 heavy (non-hydrogen) atoms. The van der Waals surface area contributed by atoms with Crippen molar-refractivity contribution in [3.05, 3.63) is 19.2 Å². The molecule has 0 aromatic carbocycles. The highest BCUT2D eigenvalue weighted by atomic mass is 79.9. The molecule has 0 aliphatic carbocycles. The van der Waals surface area contributed by atoms with Crippen LogP contribution in [0.5, 0.6) is 0 Å². The lowest BCUT2D eigenvalue weighted by atomic mass is 9.97. The van der Waals surface area contributed by atoms with Gasteiger partial charge in [0, 0.05) is 13.1 Å². The average Bonchev–Trinajstić information content (AvgIpc) is 2.77. The molecule has 2 heterocycles. The number of carbonyl (C=O) groups excluding carboxylic acids is 1. The second-order valence-electron chi connectivity index (χ2n) is 4.34. The minimum Gasteiger partial charge on any atom is -0.338 e. The monoisotopic (exact) mass is 422 g/mol. The van der Waals surface area contributed by atoms with Gasteiger partial charge in [0.25, 0.3) is 5.91 Å². The van der Waals surface area contributed by atoms with Crippen molar-refractivity contribution in [2.75, 3.05) is 19.3 Å². The first-order valence-corrected chi connectivity index (χ1v) is 9.34. The molecule has 1 aromatic rings. The van der Waals surface area contributed by atoms with Crippen molar-refractivity contribution in [2.24, 2.45) is 0 Å². The third-order valence-corrected chi connectivity index (χ3v) is 6.96. The van der Waals surface area contributed by atoms with Crippen LogP contribution in [-0.4, -0.2) is 34.9 Å². The van der Waals surface area contributed by atoms with Crippen LogP contribution in [0, 0.1) is 11.3 Å². The maximum Gasteiger partial charge on any atom is 0.255 e. The SMILES string of the molecule is CSC1(C#N)CCN(C(=O)c2cc(Br)sc2Br)CC1. The maximum atomic E-state index is 12.4. The molecular formula is C12H12Br2N2OS2. The second-order valence-corrected chi connectivity index (χ2v) is 9.28. The third-order valence-electron chi connectivity index (χ3n) is 3.34. The Balaban J connectivity index is 2.08. The standard InChI is InChI=1S/C12H12Br2N2OS2/c1-18-12(7-15)2-4-16(5-3-12)11(17)8-6-9(13)19-10(8)14/h6H,2-5H2,1H3. The summed E-state index contributed by atoms with van der Waals surface area (Å²) in [4.78, 5) is 14.3. The zero-order valence-corrected chi connectivity index (χ0v) is 15.1. The number of thiophene rings is 1. The summed E-state index contributed by atoms with van der Waals surface area (Å²) in [5.41, 5.74) is 0.700. The van der Waals surface area contributed by atoms with Gasteiger partial charge in [-0.25, -0.2) is 0 Å². The zero-order chi connectivity index (χ0) is 14.0. The van der Waals surface area contributed by atoms with Crippen LogP contribution in [0.2, 0.25) is 0 Å². The number of halogens is 2. The predicted octanol–water partition coefficient (Wildman–Crippen LogP) is 4.13. The number of piperidine rings is 1. The van der Waals surface area contributed by atoms with Crippen molar-refractivity contribution in [2.45, 2.75) is 17.6 Å². The van der Waals surface area contributed by atoms with Crippen LogP contribution < -0.4 is 0 Å². The van der Waals surface area contributed by atoms with E-state index in [0.717, 1.165) is 20.4 Å². The minimum absolute atomic E-state index is 0.0430. The number of thioether (sulfide) groups is 1. The molecule has 0 radical (unpaired) electrons. The van der Waals surface area contributed by atoms with Crippen molar-refractivity contribution >= 4 is 60.9 Å². The topological polar surface area (TPSA) is 44.1 Å². The summed E-state index contributed by atoms with van der Waals surface area (Å²) in [6.45, 7) is 1.29. The highest BCUT2D eigenvalue weighted by molar-refractivity contribution is 9.12. The van der Waals surface area contributed by atoms with Crippen molar-refractivity contribution in [1.82, 2.24) is 4.90 Å². The van der Waals surface area contributed by atoms with E-state index in [0.29, 0.717) is 18.7 Å². The van der Waals surface area contributed by atoms with Gasteiger partial charge in [-0.15, -0.1) is 23.1 Å². The van der Waals surface area contributed by atoms with Crippen LogP contribution in [0.25, 0.3) is 0 Å². The van der Waals surface area contributed by atoms with Crippen molar-refractivity contribution in [3.63, 3.8) is 0 Å². The van der Waals surface area contributed by atoms with E-state index < -0.39 is 0 Å². The summed E-state index contributed by atoms with van der Waals surface area (Å²) < 4.78 is 1.48. The van der Waals surface area contributed by atoms with E-state index >= 15 is 0 Å². The molecule has 1 aliphatic heterocycles. The summed E-state index contributed by atoms with van der Waals surface area (Å²) in [6.07, 6.45) is 3.44. The highest BCUT2D eigenvalue weighted by Crippen LogP contribution is 2.36. The quantitative estimate of drug-likeness (QED) is 0.717. The molecule has 7 heteroatoms. The Kier molecular flexibility index (Phi) is 4.99. The van der Waals surface area contributed by atoms with Crippen molar-refractivity contribution in [1.29, 1.82) is 5.26 Å². The molecule has 102 valence electrons. The summed E-state index contributed by atoms with van der Waals surface area (Å²) >= 11 is 9.90. The first-order chi connectivity index (χ1) is 9.01. The van der Waals surface area contributed by atoms with E-state index in [4.69, 9.17) is 0 Å². The molecule has 1 aromatic heterocycles. The van der Waals surface area contributed by atoms with Gasteiger partial charge in [0.1, 0.15) is 4.75 Å². The first-order valence-electron chi connectivity index (χ1n) is 5.72. The lowest BCUT2D eigenvalue weighted by Gasteiger charge is -2.36. The van der Waals surface area contributed by atoms with Crippen molar-refractivity contribution < 1.29 is 4.79 Å². The van der Waals surface area contributed by atoms with Gasteiger partial charge >= 0.3 is 0 Å². The smallest absolute Gasteiger partial charge is 0.255 e. The van der Waals surface area contributed by atoms with Gasteiger partial charge in [-0.3, -0.25) is 4.79 Å². The minimum atomic E-state index is -0.316. The number of hydrogen-bond acceptors (Lipinski definition) is 4. The molecule has 0 atom stereocenters. The fraction of sp³-hybridized carbons (Fsp3) is 0.500. The number of hydrogen-bond donors (Lipinski definition) is 0. The van der Waals surface area contributed by atoms with Crippen LogP contribution in [0.15, 0.2) is 13.6 Å². The maximum absolute atomic E-state index is 12.4. The van der Waals surface area contributed by atoms with Gasteiger partial charge in [-0.1, -0.05) is 0 Å². The molecule has 0 unspecified atom stereocenters. The number of nitriles is 1. The summed E-state index contributed by atoms with van der Waals surface area (Å²) in [6, 6.07) is 4.24. The van der Waals surface area contributed by atoms with E-state index in [1.54, 1.807) is 11.8 Å². The van der Waals surface area contributed by atoms with Gasteiger partial charge < -0.3 is 4.90 Å². The Labute approximate surface area is 137 Å². The summed E-state index contributed by atoms with van der Waals surface area (Å²) in [5.74, 6) is 0.0430. The molecule has 2 rings (SSSR count). The van der Waals surface area contributed by atoms with E-state index in [1.165, 1.54) is 11.3 Å². The largest absolute Gasteiger partial charge is 0.338 e.